The standard InChI is InChI=1S/C22H26N6O3/c1-14(2)19-13-31-22(29)28(19)20-8-9-23-21(26-20)25-15(3)16-11-24-27(12-16)17-6-5-7-18(10-17)30-4/h5-12,14-15,19H,13H2,1-4H3,(H,23,25,26)/t15-,19-/m1/s1. The first-order valence-electron chi connectivity index (χ1n) is 10.2. The number of benzene rings is 1. The van der Waals surface area contributed by atoms with Crippen LogP contribution in [0, 0.1) is 5.92 Å². The molecule has 1 saturated heterocycles. The number of rotatable bonds is 7. The summed E-state index contributed by atoms with van der Waals surface area (Å²) in [7, 11) is 1.64. The molecule has 31 heavy (non-hydrogen) atoms. The number of carbonyl (C=O) groups is 1. The molecule has 4 rings (SSSR count). The van der Waals surface area contributed by atoms with E-state index in [1.165, 1.54) is 0 Å². The molecule has 3 heterocycles. The van der Waals surface area contributed by atoms with Crippen molar-refractivity contribution in [2.75, 3.05) is 23.9 Å². The Morgan fingerprint density at radius 1 is 1.26 bits per heavy atom. The number of hydrogen-bond donors (Lipinski definition) is 1. The van der Waals surface area contributed by atoms with E-state index in [9.17, 15) is 4.79 Å². The van der Waals surface area contributed by atoms with Gasteiger partial charge in [-0.05, 0) is 31.0 Å². The van der Waals surface area contributed by atoms with Gasteiger partial charge < -0.3 is 14.8 Å². The summed E-state index contributed by atoms with van der Waals surface area (Å²) in [5.74, 6) is 1.98. The highest BCUT2D eigenvalue weighted by Crippen LogP contribution is 2.27. The zero-order valence-electron chi connectivity index (χ0n) is 18.0. The molecule has 1 fully saturated rings. The fourth-order valence-electron chi connectivity index (χ4n) is 3.47. The third-order valence-electron chi connectivity index (χ3n) is 5.33. The van der Waals surface area contributed by atoms with E-state index in [4.69, 9.17) is 9.47 Å². The monoisotopic (exact) mass is 422 g/mol. The number of nitrogens with one attached hydrogen (secondary N) is 1. The van der Waals surface area contributed by atoms with E-state index < -0.39 is 0 Å². The van der Waals surface area contributed by atoms with E-state index in [0.29, 0.717) is 18.4 Å². The third kappa shape index (κ3) is 4.30. The summed E-state index contributed by atoms with van der Waals surface area (Å²) in [6.07, 6.45) is 5.01. The van der Waals surface area contributed by atoms with Crippen LogP contribution < -0.4 is 15.0 Å². The molecule has 0 saturated carbocycles. The molecular weight excluding hydrogens is 396 g/mol. The molecule has 0 bridgehead atoms. The minimum atomic E-state index is -0.379. The van der Waals surface area contributed by atoms with Crippen LogP contribution in [0.4, 0.5) is 16.6 Å². The molecule has 1 aromatic carbocycles. The molecule has 9 heteroatoms. The van der Waals surface area contributed by atoms with Crippen LogP contribution in [0.1, 0.15) is 32.4 Å². The van der Waals surface area contributed by atoms with Crippen LogP contribution in [0.25, 0.3) is 5.69 Å². The van der Waals surface area contributed by atoms with Crippen molar-refractivity contribution in [3.05, 3.63) is 54.5 Å². The molecule has 1 aliphatic heterocycles. The van der Waals surface area contributed by atoms with Gasteiger partial charge >= 0.3 is 6.09 Å². The Kier molecular flexibility index (Phi) is 5.75. The highest BCUT2D eigenvalue weighted by molar-refractivity contribution is 5.89. The van der Waals surface area contributed by atoms with Crippen molar-refractivity contribution >= 4 is 17.9 Å². The van der Waals surface area contributed by atoms with Crippen LogP contribution in [-0.2, 0) is 4.74 Å². The Bertz CT molecular complexity index is 1070. The van der Waals surface area contributed by atoms with E-state index in [1.54, 1.807) is 35.2 Å². The van der Waals surface area contributed by atoms with Crippen LogP contribution in [0.3, 0.4) is 0 Å². The highest BCUT2D eigenvalue weighted by atomic mass is 16.6. The number of anilines is 2. The molecule has 162 valence electrons. The zero-order chi connectivity index (χ0) is 22.0. The van der Waals surface area contributed by atoms with Gasteiger partial charge in [0.1, 0.15) is 18.2 Å². The topological polar surface area (TPSA) is 94.4 Å². The lowest BCUT2D eigenvalue weighted by atomic mass is 10.0. The van der Waals surface area contributed by atoms with Crippen molar-refractivity contribution < 1.29 is 14.3 Å². The molecule has 0 aliphatic carbocycles. The number of amides is 1. The second kappa shape index (κ2) is 8.63. The normalized spacial score (nSPS) is 17.0. The van der Waals surface area contributed by atoms with Gasteiger partial charge in [0.2, 0.25) is 5.95 Å². The van der Waals surface area contributed by atoms with Gasteiger partial charge in [-0.3, -0.25) is 4.90 Å². The van der Waals surface area contributed by atoms with Crippen molar-refractivity contribution in [2.24, 2.45) is 5.92 Å². The number of methoxy groups -OCH3 is 1. The molecule has 0 unspecified atom stereocenters. The van der Waals surface area contributed by atoms with Crippen LogP contribution in [0.2, 0.25) is 0 Å². The lowest BCUT2D eigenvalue weighted by Gasteiger charge is -2.23. The van der Waals surface area contributed by atoms with Gasteiger partial charge in [-0.1, -0.05) is 19.9 Å². The van der Waals surface area contributed by atoms with Gasteiger partial charge in [0.15, 0.2) is 0 Å². The Labute approximate surface area is 181 Å². The maximum atomic E-state index is 12.2. The first kappa shape index (κ1) is 20.6. The molecule has 2 atom stereocenters. The van der Waals surface area contributed by atoms with E-state index >= 15 is 0 Å². The van der Waals surface area contributed by atoms with Gasteiger partial charge in [-0.2, -0.15) is 10.1 Å². The average molecular weight is 422 g/mol. The third-order valence-corrected chi connectivity index (χ3v) is 5.33. The van der Waals surface area contributed by atoms with Crippen molar-refractivity contribution in [3.63, 3.8) is 0 Å². The zero-order valence-corrected chi connectivity index (χ0v) is 18.0. The van der Waals surface area contributed by atoms with Gasteiger partial charge in [-0.15, -0.1) is 0 Å². The predicted octanol–water partition coefficient (Wildman–Crippen LogP) is 3.83. The predicted molar refractivity (Wildman–Crippen MR) is 117 cm³/mol. The summed E-state index contributed by atoms with van der Waals surface area (Å²) in [6, 6.07) is 9.27. The number of hydrogen-bond acceptors (Lipinski definition) is 7. The van der Waals surface area contributed by atoms with Crippen LogP contribution in [-0.4, -0.2) is 45.6 Å². The lowest BCUT2D eigenvalue weighted by molar-refractivity contribution is 0.177. The summed E-state index contributed by atoms with van der Waals surface area (Å²) in [6.45, 7) is 6.48. The summed E-state index contributed by atoms with van der Waals surface area (Å²) in [4.78, 5) is 22.7. The highest BCUT2D eigenvalue weighted by Gasteiger charge is 2.37. The summed E-state index contributed by atoms with van der Waals surface area (Å²) < 4.78 is 12.3. The summed E-state index contributed by atoms with van der Waals surface area (Å²) >= 11 is 0. The molecule has 1 aliphatic rings. The molecule has 9 nitrogen and oxygen atoms in total. The quantitative estimate of drug-likeness (QED) is 0.618. The second-order valence-electron chi connectivity index (χ2n) is 7.78. The fraction of sp³-hybridized carbons (Fsp3) is 0.364. The van der Waals surface area contributed by atoms with Gasteiger partial charge in [0.05, 0.1) is 31.1 Å². The van der Waals surface area contributed by atoms with E-state index in [2.05, 4.69) is 34.2 Å². The van der Waals surface area contributed by atoms with Crippen molar-refractivity contribution in [1.82, 2.24) is 19.7 Å². The van der Waals surface area contributed by atoms with E-state index in [0.717, 1.165) is 17.0 Å². The largest absolute Gasteiger partial charge is 0.497 e. The summed E-state index contributed by atoms with van der Waals surface area (Å²) in [5.41, 5.74) is 1.88. The molecule has 1 N–H and O–H groups in total. The Hall–Kier alpha value is -3.62. The van der Waals surface area contributed by atoms with Gasteiger partial charge in [0, 0.05) is 24.0 Å². The van der Waals surface area contributed by atoms with Crippen LogP contribution in [0.5, 0.6) is 5.75 Å². The van der Waals surface area contributed by atoms with E-state index in [1.807, 2.05) is 37.4 Å². The van der Waals surface area contributed by atoms with Gasteiger partial charge in [0.25, 0.3) is 0 Å². The average Bonchev–Trinajstić information content (AvgIpc) is 3.41. The van der Waals surface area contributed by atoms with Crippen molar-refractivity contribution in [2.45, 2.75) is 32.9 Å². The molecule has 1 amide bonds. The number of carbonyl (C=O) groups excluding carboxylic acids is 1. The van der Waals surface area contributed by atoms with Crippen LogP contribution in [0.15, 0.2) is 48.9 Å². The summed E-state index contributed by atoms with van der Waals surface area (Å²) in [5, 5.41) is 7.74. The SMILES string of the molecule is COc1cccc(-n2cc([C@@H](C)Nc3nccc(N4C(=O)OC[C@@H]4C(C)C)n3)cn2)c1. The number of aromatic nitrogens is 4. The van der Waals surface area contributed by atoms with Gasteiger partial charge in [-0.25, -0.2) is 14.5 Å². The number of nitrogens with zero attached hydrogens (tertiary/aromatic N) is 5. The van der Waals surface area contributed by atoms with E-state index in [-0.39, 0.29) is 24.1 Å². The first-order chi connectivity index (χ1) is 15.0. The Morgan fingerprint density at radius 3 is 2.87 bits per heavy atom. The smallest absolute Gasteiger partial charge is 0.415 e. The fourth-order valence-corrected chi connectivity index (χ4v) is 3.47. The minimum absolute atomic E-state index is 0.0474. The second-order valence-corrected chi connectivity index (χ2v) is 7.78. The molecule has 0 radical (unpaired) electrons. The minimum Gasteiger partial charge on any atom is -0.497 e. The number of cyclic esters (lactones) is 1. The van der Waals surface area contributed by atoms with Crippen LogP contribution >= 0.6 is 0 Å². The Morgan fingerprint density at radius 2 is 2.10 bits per heavy atom. The molecule has 0 spiro atoms. The Balaban J connectivity index is 1.51. The lowest BCUT2D eigenvalue weighted by Crippen LogP contribution is -2.37. The first-order valence-corrected chi connectivity index (χ1v) is 10.2. The van der Waals surface area contributed by atoms with Crippen molar-refractivity contribution in [1.29, 1.82) is 0 Å². The molecule has 3 aromatic rings. The molecular formula is C22H26N6O3. The number of ether oxygens (including phenoxy) is 2. The molecule has 2 aromatic heterocycles. The maximum Gasteiger partial charge on any atom is 0.415 e. The maximum absolute atomic E-state index is 12.2. The van der Waals surface area contributed by atoms with Crippen molar-refractivity contribution in [3.8, 4) is 11.4 Å².